The molecule has 4 aromatic rings. The van der Waals surface area contributed by atoms with Crippen molar-refractivity contribution in [3.8, 4) is 22.4 Å². The molecule has 0 unspecified atom stereocenters. The molecular weight excluding hydrogens is 316 g/mol. The maximum atomic E-state index is 4.98. The van der Waals surface area contributed by atoms with E-state index in [1.54, 1.807) is 0 Å². The van der Waals surface area contributed by atoms with Crippen molar-refractivity contribution in [2.75, 3.05) is 0 Å². The second-order valence-electron chi connectivity index (χ2n) is 7.61. The Balaban J connectivity index is 1.94. The van der Waals surface area contributed by atoms with Gasteiger partial charge in [0.05, 0.1) is 22.4 Å². The Kier molecular flexibility index (Phi) is 4.04. The molecule has 1 aromatic heterocycles. The molecule has 0 radical (unpaired) electrons. The van der Waals surface area contributed by atoms with E-state index in [4.69, 9.17) is 9.97 Å². The number of hydrogen-bond acceptors (Lipinski definition) is 2. The molecular formula is C24H22N2. The Bertz CT molecular complexity index is 1060. The van der Waals surface area contributed by atoms with Crippen LogP contribution in [0.25, 0.3) is 33.4 Å². The Morgan fingerprint density at radius 2 is 1.15 bits per heavy atom. The van der Waals surface area contributed by atoms with E-state index in [1.807, 2.05) is 30.3 Å². The first-order chi connectivity index (χ1) is 12.5. The lowest BCUT2D eigenvalue weighted by Crippen LogP contribution is -2.16. The third-order valence-electron chi connectivity index (χ3n) is 4.52. The van der Waals surface area contributed by atoms with Crippen molar-refractivity contribution in [3.05, 3.63) is 84.6 Å². The summed E-state index contributed by atoms with van der Waals surface area (Å²) in [7, 11) is 0. The van der Waals surface area contributed by atoms with Crippen molar-refractivity contribution in [2.45, 2.75) is 26.2 Å². The molecule has 0 fully saturated rings. The zero-order valence-electron chi connectivity index (χ0n) is 15.4. The van der Waals surface area contributed by atoms with Crippen LogP contribution in [0.2, 0.25) is 0 Å². The van der Waals surface area contributed by atoms with Gasteiger partial charge in [0.2, 0.25) is 0 Å². The third kappa shape index (κ3) is 3.11. The highest BCUT2D eigenvalue weighted by molar-refractivity contribution is 5.80. The van der Waals surface area contributed by atoms with E-state index in [0.717, 1.165) is 28.0 Å². The van der Waals surface area contributed by atoms with Crippen LogP contribution in [-0.4, -0.2) is 9.97 Å². The van der Waals surface area contributed by atoms with Crippen LogP contribution in [0.5, 0.6) is 0 Å². The van der Waals surface area contributed by atoms with Crippen LogP contribution in [0, 0.1) is 0 Å². The largest absolute Gasteiger partial charge is 0.248 e. The molecule has 26 heavy (non-hydrogen) atoms. The second-order valence-corrected chi connectivity index (χ2v) is 7.61. The minimum absolute atomic E-state index is 0.0882. The molecule has 0 saturated heterocycles. The van der Waals surface area contributed by atoms with Crippen LogP contribution in [-0.2, 0) is 5.41 Å². The minimum Gasteiger partial charge on any atom is -0.248 e. The van der Waals surface area contributed by atoms with E-state index in [9.17, 15) is 0 Å². The number of benzene rings is 3. The summed E-state index contributed by atoms with van der Waals surface area (Å²) in [4.78, 5) is 9.95. The van der Waals surface area contributed by atoms with E-state index >= 15 is 0 Å². The van der Waals surface area contributed by atoms with Crippen molar-refractivity contribution in [2.24, 2.45) is 0 Å². The van der Waals surface area contributed by atoms with Crippen LogP contribution >= 0.6 is 0 Å². The predicted molar refractivity (Wildman–Crippen MR) is 109 cm³/mol. The summed E-state index contributed by atoms with van der Waals surface area (Å²) in [6, 6.07) is 27.1. The lowest BCUT2D eigenvalue weighted by molar-refractivity contribution is 0.571. The molecule has 0 spiro atoms. The summed E-state index contributed by atoms with van der Waals surface area (Å²) in [5.41, 5.74) is 7.29. The maximum absolute atomic E-state index is 4.98. The summed E-state index contributed by atoms with van der Waals surface area (Å²) in [5.74, 6) is 0. The zero-order chi connectivity index (χ0) is 18.1. The molecule has 0 atom stereocenters. The highest BCUT2D eigenvalue weighted by Crippen LogP contribution is 2.33. The highest BCUT2D eigenvalue weighted by atomic mass is 14.8. The molecule has 0 aliphatic rings. The first-order valence-corrected chi connectivity index (χ1v) is 8.95. The zero-order valence-corrected chi connectivity index (χ0v) is 15.4. The molecule has 0 bridgehead atoms. The first-order valence-electron chi connectivity index (χ1n) is 8.95. The summed E-state index contributed by atoms with van der Waals surface area (Å²) >= 11 is 0. The summed E-state index contributed by atoms with van der Waals surface area (Å²) in [5, 5.41) is 0. The monoisotopic (exact) mass is 338 g/mol. The molecule has 0 amide bonds. The predicted octanol–water partition coefficient (Wildman–Crippen LogP) is 6.26. The van der Waals surface area contributed by atoms with Gasteiger partial charge in [-0.15, -0.1) is 0 Å². The van der Waals surface area contributed by atoms with E-state index < -0.39 is 0 Å². The van der Waals surface area contributed by atoms with Crippen molar-refractivity contribution in [1.29, 1.82) is 0 Å². The maximum Gasteiger partial charge on any atom is 0.0930 e. The standard InChI is InChI=1S/C24H22N2/c1-24(2,3)23-22(25-20-14-7-8-15-21(20)26-23)19-13-9-12-18(16-19)17-10-5-4-6-11-17/h4-16H,1-3H3. The van der Waals surface area contributed by atoms with Crippen molar-refractivity contribution in [1.82, 2.24) is 9.97 Å². The number of hydrogen-bond donors (Lipinski definition) is 0. The van der Waals surface area contributed by atoms with Crippen LogP contribution < -0.4 is 0 Å². The number of nitrogens with zero attached hydrogens (tertiary/aromatic N) is 2. The van der Waals surface area contributed by atoms with E-state index in [2.05, 4.69) is 69.3 Å². The highest BCUT2D eigenvalue weighted by Gasteiger charge is 2.23. The molecule has 0 N–H and O–H groups in total. The fourth-order valence-corrected chi connectivity index (χ4v) is 3.20. The summed E-state index contributed by atoms with van der Waals surface area (Å²) < 4.78 is 0. The van der Waals surface area contributed by atoms with E-state index in [-0.39, 0.29) is 5.41 Å². The van der Waals surface area contributed by atoms with Gasteiger partial charge in [0.1, 0.15) is 0 Å². The minimum atomic E-state index is -0.0882. The van der Waals surface area contributed by atoms with Gasteiger partial charge in [-0.3, -0.25) is 0 Å². The Hall–Kier alpha value is -3.00. The molecule has 128 valence electrons. The van der Waals surface area contributed by atoms with Gasteiger partial charge in [-0.25, -0.2) is 9.97 Å². The summed E-state index contributed by atoms with van der Waals surface area (Å²) in [6.07, 6.45) is 0. The molecule has 0 saturated carbocycles. The second kappa shape index (κ2) is 6.38. The van der Waals surface area contributed by atoms with Crippen LogP contribution in [0.15, 0.2) is 78.9 Å². The Labute approximate surface area is 154 Å². The van der Waals surface area contributed by atoms with Crippen molar-refractivity contribution in [3.63, 3.8) is 0 Å². The molecule has 0 aliphatic heterocycles. The van der Waals surface area contributed by atoms with Gasteiger partial charge in [-0.2, -0.15) is 0 Å². The fraction of sp³-hybridized carbons (Fsp3) is 0.167. The van der Waals surface area contributed by atoms with Gasteiger partial charge in [0, 0.05) is 11.0 Å². The number of para-hydroxylation sites is 2. The van der Waals surface area contributed by atoms with Gasteiger partial charge < -0.3 is 0 Å². The van der Waals surface area contributed by atoms with Gasteiger partial charge in [-0.1, -0.05) is 81.4 Å². The SMILES string of the molecule is CC(C)(C)c1nc2ccccc2nc1-c1cccc(-c2ccccc2)c1. The van der Waals surface area contributed by atoms with Crippen LogP contribution in [0.1, 0.15) is 26.5 Å². The molecule has 2 nitrogen and oxygen atoms in total. The van der Waals surface area contributed by atoms with E-state index in [0.29, 0.717) is 0 Å². The van der Waals surface area contributed by atoms with Crippen LogP contribution in [0.3, 0.4) is 0 Å². The topological polar surface area (TPSA) is 25.8 Å². The van der Waals surface area contributed by atoms with Crippen LogP contribution in [0.4, 0.5) is 0 Å². The van der Waals surface area contributed by atoms with E-state index in [1.165, 1.54) is 11.1 Å². The van der Waals surface area contributed by atoms with Gasteiger partial charge in [0.25, 0.3) is 0 Å². The van der Waals surface area contributed by atoms with Gasteiger partial charge in [0.15, 0.2) is 0 Å². The third-order valence-corrected chi connectivity index (χ3v) is 4.52. The average Bonchev–Trinajstić information content (AvgIpc) is 2.67. The quantitative estimate of drug-likeness (QED) is 0.431. The molecule has 0 aliphatic carbocycles. The lowest BCUT2D eigenvalue weighted by Gasteiger charge is -2.22. The van der Waals surface area contributed by atoms with Crippen molar-refractivity contribution >= 4 is 11.0 Å². The average molecular weight is 338 g/mol. The number of aromatic nitrogens is 2. The molecule has 3 aromatic carbocycles. The number of fused-ring (bicyclic) bond motifs is 1. The Morgan fingerprint density at radius 3 is 1.85 bits per heavy atom. The fourth-order valence-electron chi connectivity index (χ4n) is 3.20. The molecule has 2 heteroatoms. The van der Waals surface area contributed by atoms with Gasteiger partial charge in [-0.05, 0) is 29.3 Å². The summed E-state index contributed by atoms with van der Waals surface area (Å²) in [6.45, 7) is 6.57. The smallest absolute Gasteiger partial charge is 0.0930 e. The molecule has 1 heterocycles. The molecule has 4 rings (SSSR count). The van der Waals surface area contributed by atoms with Gasteiger partial charge >= 0.3 is 0 Å². The Morgan fingerprint density at radius 1 is 0.577 bits per heavy atom. The first kappa shape index (κ1) is 16.5. The lowest BCUT2D eigenvalue weighted by atomic mass is 9.87. The normalized spacial score (nSPS) is 11.7. The van der Waals surface area contributed by atoms with Crippen molar-refractivity contribution < 1.29 is 0 Å². The number of rotatable bonds is 2.